The lowest BCUT2D eigenvalue weighted by atomic mass is 10.1. The van der Waals surface area contributed by atoms with Gasteiger partial charge in [-0.2, -0.15) is 0 Å². The molecule has 40 heavy (non-hydrogen) atoms. The molecule has 0 saturated heterocycles. The van der Waals surface area contributed by atoms with Crippen LogP contribution < -0.4 is 9.62 Å². The average Bonchev–Trinajstić information content (AvgIpc) is 2.93. The topological polar surface area (TPSA) is 86.8 Å². The molecule has 0 saturated carbocycles. The largest absolute Gasteiger partial charge is 0.352 e. The Kier molecular flexibility index (Phi) is 10.7. The number of nitrogens with zero attached hydrogens (tertiary/aromatic N) is 2. The number of rotatable bonds is 12. The minimum Gasteiger partial charge on any atom is -0.352 e. The van der Waals surface area contributed by atoms with Crippen molar-refractivity contribution in [3.63, 3.8) is 0 Å². The summed E-state index contributed by atoms with van der Waals surface area (Å²) in [4.78, 5) is 28.7. The number of benzene rings is 3. The van der Waals surface area contributed by atoms with E-state index in [1.165, 1.54) is 29.2 Å². The van der Waals surface area contributed by atoms with Gasteiger partial charge in [-0.25, -0.2) is 12.8 Å². The van der Waals surface area contributed by atoms with Gasteiger partial charge in [0.1, 0.15) is 18.4 Å². The van der Waals surface area contributed by atoms with Crippen LogP contribution in [0.5, 0.6) is 0 Å². The maximum Gasteiger partial charge on any atom is 0.264 e. The third kappa shape index (κ3) is 7.61. The van der Waals surface area contributed by atoms with Gasteiger partial charge in [0.25, 0.3) is 10.0 Å². The van der Waals surface area contributed by atoms with Gasteiger partial charge in [-0.1, -0.05) is 61.3 Å². The fourth-order valence-electron chi connectivity index (χ4n) is 4.14. The molecule has 214 valence electrons. The van der Waals surface area contributed by atoms with Crippen molar-refractivity contribution in [3.05, 3.63) is 94.8 Å². The molecule has 1 N–H and O–H groups in total. The van der Waals surface area contributed by atoms with E-state index in [0.29, 0.717) is 23.4 Å². The maximum absolute atomic E-state index is 14.0. The van der Waals surface area contributed by atoms with Gasteiger partial charge in [0.2, 0.25) is 11.8 Å². The van der Waals surface area contributed by atoms with Crippen LogP contribution in [0.25, 0.3) is 0 Å². The minimum absolute atomic E-state index is 0.00717. The van der Waals surface area contributed by atoms with E-state index in [2.05, 4.69) is 5.32 Å². The molecule has 0 radical (unpaired) electrons. The summed E-state index contributed by atoms with van der Waals surface area (Å²) in [5.41, 5.74) is 1.60. The lowest BCUT2D eigenvalue weighted by molar-refractivity contribution is -0.140. The summed E-state index contributed by atoms with van der Waals surface area (Å²) >= 11 is 6.41. The molecule has 0 aromatic heterocycles. The van der Waals surface area contributed by atoms with Crippen LogP contribution in [-0.2, 0) is 26.2 Å². The van der Waals surface area contributed by atoms with Gasteiger partial charge in [-0.15, -0.1) is 0 Å². The molecule has 0 aliphatic rings. The van der Waals surface area contributed by atoms with Crippen molar-refractivity contribution < 1.29 is 22.4 Å². The fraction of sp³-hybridized carbons (Fsp3) is 0.333. The summed E-state index contributed by atoms with van der Waals surface area (Å²) in [5.74, 6) is -1.49. The van der Waals surface area contributed by atoms with Crippen molar-refractivity contribution in [1.29, 1.82) is 0 Å². The van der Waals surface area contributed by atoms with Gasteiger partial charge < -0.3 is 10.2 Å². The van der Waals surface area contributed by atoms with Gasteiger partial charge in [0, 0.05) is 17.6 Å². The first kappa shape index (κ1) is 31.1. The smallest absolute Gasteiger partial charge is 0.264 e. The molecule has 2 amide bonds. The number of anilines is 1. The summed E-state index contributed by atoms with van der Waals surface area (Å²) in [6.07, 6.45) is 0.994. The van der Waals surface area contributed by atoms with E-state index in [9.17, 15) is 22.4 Å². The predicted molar refractivity (Wildman–Crippen MR) is 156 cm³/mol. The molecule has 2 atom stereocenters. The van der Waals surface area contributed by atoms with Crippen LogP contribution in [0.2, 0.25) is 5.02 Å². The Balaban J connectivity index is 2.06. The number of carbonyl (C=O) groups is 2. The Hall–Kier alpha value is -3.43. The molecule has 0 unspecified atom stereocenters. The van der Waals surface area contributed by atoms with Gasteiger partial charge in [-0.05, 0) is 74.7 Å². The Morgan fingerprint density at radius 3 is 2.15 bits per heavy atom. The van der Waals surface area contributed by atoms with Crippen LogP contribution in [0.4, 0.5) is 10.1 Å². The summed E-state index contributed by atoms with van der Waals surface area (Å²) in [7, 11) is -4.23. The quantitative estimate of drug-likeness (QED) is 0.294. The molecule has 3 aromatic rings. The van der Waals surface area contributed by atoms with Crippen LogP contribution in [0, 0.1) is 12.7 Å². The molecule has 0 fully saturated rings. The van der Waals surface area contributed by atoms with Crippen molar-refractivity contribution >= 4 is 39.1 Å². The summed E-state index contributed by atoms with van der Waals surface area (Å²) < 4.78 is 42.3. The zero-order chi connectivity index (χ0) is 29.4. The summed E-state index contributed by atoms with van der Waals surface area (Å²) in [6, 6.07) is 17.1. The second-order valence-electron chi connectivity index (χ2n) is 9.66. The van der Waals surface area contributed by atoms with E-state index in [0.717, 1.165) is 22.0 Å². The number of hydrogen-bond acceptors (Lipinski definition) is 4. The van der Waals surface area contributed by atoms with E-state index >= 15 is 0 Å². The summed E-state index contributed by atoms with van der Waals surface area (Å²) in [5, 5.41) is 3.35. The molecule has 3 rings (SSSR count). The van der Waals surface area contributed by atoms with Crippen molar-refractivity contribution in [2.24, 2.45) is 0 Å². The number of hydrogen-bond donors (Lipinski definition) is 1. The Morgan fingerprint density at radius 2 is 1.57 bits per heavy atom. The van der Waals surface area contributed by atoms with Crippen LogP contribution >= 0.6 is 11.6 Å². The zero-order valence-electron chi connectivity index (χ0n) is 23.1. The fourth-order valence-corrected chi connectivity index (χ4v) is 5.75. The number of halogens is 2. The van der Waals surface area contributed by atoms with Crippen molar-refractivity contribution in [1.82, 2.24) is 10.2 Å². The molecule has 7 nitrogen and oxygen atoms in total. The normalized spacial score (nSPS) is 12.8. The van der Waals surface area contributed by atoms with E-state index < -0.39 is 34.3 Å². The van der Waals surface area contributed by atoms with Gasteiger partial charge >= 0.3 is 0 Å². The third-order valence-corrected chi connectivity index (χ3v) is 8.84. The van der Waals surface area contributed by atoms with Crippen LogP contribution in [-0.4, -0.2) is 43.8 Å². The lowest BCUT2D eigenvalue weighted by Crippen LogP contribution is -2.53. The highest BCUT2D eigenvalue weighted by Crippen LogP contribution is 2.26. The lowest BCUT2D eigenvalue weighted by Gasteiger charge is -2.34. The molecular formula is C30H35ClFN3O4S. The second-order valence-corrected chi connectivity index (χ2v) is 11.9. The first-order chi connectivity index (χ1) is 19.0. The number of amides is 2. The molecule has 0 aliphatic heterocycles. The molecular weight excluding hydrogens is 553 g/mol. The predicted octanol–water partition coefficient (Wildman–Crippen LogP) is 5.70. The molecule has 0 bridgehead atoms. The van der Waals surface area contributed by atoms with E-state index in [1.807, 2.05) is 20.8 Å². The first-order valence-electron chi connectivity index (χ1n) is 13.2. The Bertz CT molecular complexity index is 1420. The Labute approximate surface area is 241 Å². The minimum atomic E-state index is -4.23. The molecule has 0 heterocycles. The molecule has 0 spiro atoms. The third-order valence-electron chi connectivity index (χ3n) is 6.69. The van der Waals surface area contributed by atoms with Crippen molar-refractivity contribution in [2.45, 2.75) is 64.1 Å². The number of sulfonamides is 1. The van der Waals surface area contributed by atoms with E-state index in [4.69, 9.17) is 11.6 Å². The molecule has 3 aromatic carbocycles. The van der Waals surface area contributed by atoms with Crippen LogP contribution in [0.1, 0.15) is 44.7 Å². The van der Waals surface area contributed by atoms with Crippen LogP contribution in [0.15, 0.2) is 77.7 Å². The highest BCUT2D eigenvalue weighted by atomic mass is 35.5. The summed E-state index contributed by atoms with van der Waals surface area (Å²) in [6.45, 7) is 6.81. The standard InChI is InChI=1S/C30H35ClFN3O4S/c1-5-22(4)33-30(37)28(6-2)34(19-23-9-7-8-10-27(23)31)29(36)20-35(25-15-13-24(32)14-16-25)40(38,39)26-17-11-21(3)12-18-26/h7-18,22,28H,5-6,19-20H2,1-4H3,(H,33,37)/t22-,28+/m0/s1. The van der Waals surface area contributed by atoms with Crippen molar-refractivity contribution in [2.75, 3.05) is 10.8 Å². The number of aryl methyl sites for hydroxylation is 1. The van der Waals surface area contributed by atoms with Gasteiger partial charge in [0.15, 0.2) is 0 Å². The monoisotopic (exact) mass is 587 g/mol. The number of carbonyl (C=O) groups excluding carboxylic acids is 2. The average molecular weight is 588 g/mol. The first-order valence-corrected chi connectivity index (χ1v) is 15.0. The SMILES string of the molecule is CC[C@H](C(=O)N[C@@H](C)CC)N(Cc1ccccc1Cl)C(=O)CN(c1ccc(F)cc1)S(=O)(=O)c1ccc(C)cc1. The zero-order valence-corrected chi connectivity index (χ0v) is 24.7. The maximum atomic E-state index is 14.0. The van der Waals surface area contributed by atoms with Crippen molar-refractivity contribution in [3.8, 4) is 0 Å². The second kappa shape index (κ2) is 13.8. The van der Waals surface area contributed by atoms with E-state index in [1.54, 1.807) is 43.3 Å². The molecule has 0 aliphatic carbocycles. The van der Waals surface area contributed by atoms with Crippen LogP contribution in [0.3, 0.4) is 0 Å². The number of nitrogens with one attached hydrogen (secondary N) is 1. The van der Waals surface area contributed by atoms with Gasteiger partial charge in [0.05, 0.1) is 10.6 Å². The van der Waals surface area contributed by atoms with E-state index in [-0.39, 0.29) is 29.1 Å². The Morgan fingerprint density at radius 1 is 0.950 bits per heavy atom. The van der Waals surface area contributed by atoms with Gasteiger partial charge in [-0.3, -0.25) is 13.9 Å². The molecule has 10 heteroatoms. The highest BCUT2D eigenvalue weighted by Gasteiger charge is 2.34. The highest BCUT2D eigenvalue weighted by molar-refractivity contribution is 7.92.